The maximum atomic E-state index is 10.6. The Hall–Kier alpha value is -2.80. The molecule has 0 unspecified atom stereocenters. The van der Waals surface area contributed by atoms with Crippen LogP contribution in [-0.2, 0) is 0 Å². The second-order valence-corrected chi connectivity index (χ2v) is 8.91. The maximum Gasteiger partial charge on any atom is 0.169 e. The van der Waals surface area contributed by atoms with Crippen LogP contribution in [0.4, 0.5) is 5.69 Å². The molecular formula is C25H33N3O3S. The normalized spacial score (nSPS) is 11.4. The molecule has 0 aliphatic rings. The zero-order valence-electron chi connectivity index (χ0n) is 19.6. The number of imidazole rings is 1. The van der Waals surface area contributed by atoms with Gasteiger partial charge < -0.3 is 19.8 Å². The van der Waals surface area contributed by atoms with Crippen LogP contribution in [0.3, 0.4) is 0 Å². The molecule has 0 radical (unpaired) electrons. The summed E-state index contributed by atoms with van der Waals surface area (Å²) < 4.78 is 7.56. The predicted molar refractivity (Wildman–Crippen MR) is 133 cm³/mol. The van der Waals surface area contributed by atoms with Gasteiger partial charge in [0.1, 0.15) is 17.2 Å². The fourth-order valence-corrected chi connectivity index (χ4v) is 4.27. The molecule has 0 spiro atoms. The van der Waals surface area contributed by atoms with E-state index in [4.69, 9.17) is 4.74 Å². The standard InChI is InChI=1S/C25H33N3O3S/c1-7-10-27(16(4)5)20-11-17(8-9-24(20)31-6)28-21(14-26-25(28)32)19-12-18(15(2)3)22(29)13-23(19)30/h8-9,11-16,29-30H,7,10H2,1-6H3,(H,26,32). The van der Waals surface area contributed by atoms with E-state index in [2.05, 4.69) is 49.4 Å². The van der Waals surface area contributed by atoms with Gasteiger partial charge in [0.15, 0.2) is 5.16 Å². The van der Waals surface area contributed by atoms with Crippen LogP contribution < -0.4 is 9.64 Å². The number of methoxy groups -OCH3 is 1. The molecule has 0 bridgehead atoms. The average molecular weight is 456 g/mol. The van der Waals surface area contributed by atoms with Gasteiger partial charge in [0, 0.05) is 24.2 Å². The summed E-state index contributed by atoms with van der Waals surface area (Å²) in [6, 6.07) is 9.48. The number of hydrogen-bond donors (Lipinski definition) is 3. The Morgan fingerprint density at radius 1 is 1.09 bits per heavy atom. The van der Waals surface area contributed by atoms with Crippen molar-refractivity contribution in [3.8, 4) is 34.2 Å². The highest BCUT2D eigenvalue weighted by Gasteiger charge is 2.21. The molecule has 7 heteroatoms. The number of rotatable bonds is 8. The Kier molecular flexibility index (Phi) is 7.29. The largest absolute Gasteiger partial charge is 0.508 e. The Balaban J connectivity index is 2.21. The molecule has 0 aliphatic carbocycles. The van der Waals surface area contributed by atoms with Crippen molar-refractivity contribution >= 4 is 18.3 Å². The molecule has 3 rings (SSSR count). The highest BCUT2D eigenvalue weighted by molar-refractivity contribution is 7.80. The molecule has 0 aliphatic heterocycles. The summed E-state index contributed by atoms with van der Waals surface area (Å²) in [4.78, 5) is 6.72. The predicted octanol–water partition coefficient (Wildman–Crippen LogP) is 6.00. The van der Waals surface area contributed by atoms with Gasteiger partial charge in [0.25, 0.3) is 0 Å². The first kappa shape index (κ1) is 23.9. The summed E-state index contributed by atoms with van der Waals surface area (Å²) in [7, 11) is 1.68. The Labute approximate surface area is 195 Å². The highest BCUT2D eigenvalue weighted by atomic mass is 32.1. The van der Waals surface area contributed by atoms with Crippen LogP contribution in [0.15, 0.2) is 41.7 Å². The molecule has 32 heavy (non-hydrogen) atoms. The van der Waals surface area contributed by atoms with E-state index in [1.165, 1.54) is 6.07 Å². The third-order valence-corrected chi connectivity index (χ3v) is 5.92. The summed E-state index contributed by atoms with van der Waals surface area (Å²) >= 11 is 4.59. The number of phenols is 2. The Bertz CT molecular complexity index is 1090. The maximum absolute atomic E-state index is 10.6. The van der Waals surface area contributed by atoms with Crippen LogP contribution in [0.2, 0.25) is 0 Å². The minimum Gasteiger partial charge on any atom is -0.508 e. The van der Waals surface area contributed by atoms with E-state index < -0.39 is 0 Å². The number of phenolic OH excluding ortho intramolecular Hbond substituents is 2. The summed E-state index contributed by atoms with van der Waals surface area (Å²) in [6.45, 7) is 11.4. The van der Waals surface area contributed by atoms with Crippen molar-refractivity contribution in [2.24, 2.45) is 0 Å². The van der Waals surface area contributed by atoms with E-state index in [-0.39, 0.29) is 17.4 Å². The average Bonchev–Trinajstić information content (AvgIpc) is 3.12. The highest BCUT2D eigenvalue weighted by Crippen LogP contribution is 2.40. The number of hydrogen-bond acceptors (Lipinski definition) is 6. The van der Waals surface area contributed by atoms with E-state index in [1.807, 2.05) is 36.6 Å². The van der Waals surface area contributed by atoms with E-state index in [1.54, 1.807) is 13.3 Å². The smallest absolute Gasteiger partial charge is 0.169 e. The van der Waals surface area contributed by atoms with E-state index in [0.29, 0.717) is 22.5 Å². The van der Waals surface area contributed by atoms with Crippen LogP contribution in [0.5, 0.6) is 17.2 Å². The number of benzene rings is 2. The van der Waals surface area contributed by atoms with Crippen molar-refractivity contribution in [1.29, 1.82) is 0 Å². The molecule has 2 aromatic carbocycles. The van der Waals surface area contributed by atoms with Crippen molar-refractivity contribution in [1.82, 2.24) is 9.55 Å². The number of nitrogens with zero attached hydrogens (tertiary/aromatic N) is 3. The third-order valence-electron chi connectivity index (χ3n) is 5.60. The molecule has 0 fully saturated rings. The molecular weight excluding hydrogens is 422 g/mol. The van der Waals surface area contributed by atoms with Crippen molar-refractivity contribution < 1.29 is 14.9 Å². The van der Waals surface area contributed by atoms with Gasteiger partial charge in [-0.05, 0) is 56.0 Å². The van der Waals surface area contributed by atoms with Crippen LogP contribution >= 0.6 is 12.6 Å². The molecule has 0 saturated carbocycles. The monoisotopic (exact) mass is 455 g/mol. The topological polar surface area (TPSA) is 70.8 Å². The zero-order chi connectivity index (χ0) is 23.6. The van der Waals surface area contributed by atoms with Crippen molar-refractivity contribution in [2.45, 2.75) is 58.2 Å². The number of anilines is 1. The van der Waals surface area contributed by atoms with E-state index in [9.17, 15) is 10.2 Å². The fourth-order valence-electron chi connectivity index (χ4n) is 3.99. The van der Waals surface area contributed by atoms with Gasteiger partial charge in [-0.2, -0.15) is 0 Å². The second-order valence-electron chi connectivity index (χ2n) is 8.51. The Morgan fingerprint density at radius 2 is 1.81 bits per heavy atom. The van der Waals surface area contributed by atoms with Gasteiger partial charge in [-0.15, -0.1) is 12.6 Å². The lowest BCUT2D eigenvalue weighted by Crippen LogP contribution is -2.31. The minimum absolute atomic E-state index is 0.00934. The summed E-state index contributed by atoms with van der Waals surface area (Å²) in [5.41, 5.74) is 3.89. The molecule has 3 aromatic rings. The first-order valence-corrected chi connectivity index (χ1v) is 11.4. The molecule has 0 saturated heterocycles. The first-order valence-electron chi connectivity index (χ1n) is 11.0. The van der Waals surface area contributed by atoms with Gasteiger partial charge in [-0.25, -0.2) is 4.98 Å². The quantitative estimate of drug-likeness (QED) is 0.364. The van der Waals surface area contributed by atoms with Crippen LogP contribution in [0.1, 0.15) is 52.5 Å². The summed E-state index contributed by atoms with van der Waals surface area (Å²) in [6.07, 6.45) is 2.70. The molecule has 172 valence electrons. The lowest BCUT2D eigenvalue weighted by atomic mass is 9.97. The molecule has 1 aromatic heterocycles. The number of aromatic hydroxyl groups is 2. The Morgan fingerprint density at radius 3 is 2.41 bits per heavy atom. The van der Waals surface area contributed by atoms with Crippen LogP contribution in [-0.4, -0.2) is 39.5 Å². The van der Waals surface area contributed by atoms with Crippen molar-refractivity contribution in [3.63, 3.8) is 0 Å². The van der Waals surface area contributed by atoms with Gasteiger partial charge in [0.2, 0.25) is 0 Å². The molecule has 1 heterocycles. The molecule has 6 nitrogen and oxygen atoms in total. The summed E-state index contributed by atoms with van der Waals surface area (Å²) in [5.74, 6) is 0.970. The molecule has 0 amide bonds. The van der Waals surface area contributed by atoms with Gasteiger partial charge >= 0.3 is 0 Å². The molecule has 0 atom stereocenters. The van der Waals surface area contributed by atoms with E-state index >= 15 is 0 Å². The van der Waals surface area contributed by atoms with Crippen LogP contribution in [0.25, 0.3) is 16.9 Å². The fraction of sp³-hybridized carbons (Fsp3) is 0.400. The minimum atomic E-state index is -0.00934. The summed E-state index contributed by atoms with van der Waals surface area (Å²) in [5, 5.41) is 21.4. The van der Waals surface area contributed by atoms with Crippen molar-refractivity contribution in [3.05, 3.63) is 42.1 Å². The number of thiol groups is 1. The van der Waals surface area contributed by atoms with Crippen molar-refractivity contribution in [2.75, 3.05) is 18.6 Å². The number of ether oxygens (including phenoxy) is 1. The first-order chi connectivity index (χ1) is 15.2. The van der Waals surface area contributed by atoms with Gasteiger partial charge in [0.05, 0.1) is 30.4 Å². The SMILES string of the molecule is CCCN(c1cc(-n2c(-c3cc(C(C)C)c(O)cc3O)cnc2S)ccc1OC)C(C)C. The lowest BCUT2D eigenvalue weighted by Gasteiger charge is -2.30. The number of aromatic nitrogens is 2. The van der Waals surface area contributed by atoms with E-state index in [0.717, 1.165) is 35.7 Å². The lowest BCUT2D eigenvalue weighted by molar-refractivity contribution is 0.413. The zero-order valence-corrected chi connectivity index (χ0v) is 20.5. The third kappa shape index (κ3) is 4.53. The molecule has 2 N–H and O–H groups in total. The van der Waals surface area contributed by atoms with Crippen LogP contribution in [0, 0.1) is 0 Å². The van der Waals surface area contributed by atoms with Gasteiger partial charge in [-0.3, -0.25) is 4.57 Å². The second kappa shape index (κ2) is 9.77. The van der Waals surface area contributed by atoms with Gasteiger partial charge in [-0.1, -0.05) is 20.8 Å².